The molecular formula is C15H10ClF2NO3. The number of carbonyl (C=O) groups excluding carboxylic acids is 2. The summed E-state index contributed by atoms with van der Waals surface area (Å²) >= 11 is 5.74. The van der Waals surface area contributed by atoms with Gasteiger partial charge in [-0.25, -0.2) is 8.78 Å². The van der Waals surface area contributed by atoms with Gasteiger partial charge < -0.3 is 10.5 Å². The lowest BCUT2D eigenvalue weighted by molar-refractivity contribution is 0.0911. The Labute approximate surface area is 129 Å². The summed E-state index contributed by atoms with van der Waals surface area (Å²) in [7, 11) is 0. The molecule has 2 N–H and O–H groups in total. The number of primary amides is 1. The lowest BCUT2D eigenvalue weighted by Gasteiger charge is -2.09. The third kappa shape index (κ3) is 3.59. The topological polar surface area (TPSA) is 69.4 Å². The molecule has 0 unspecified atom stereocenters. The first-order valence-electron chi connectivity index (χ1n) is 6.09. The lowest BCUT2D eigenvalue weighted by Crippen LogP contribution is -2.16. The number of carbonyl (C=O) groups is 2. The average molecular weight is 326 g/mol. The Morgan fingerprint density at radius 1 is 1.09 bits per heavy atom. The van der Waals surface area contributed by atoms with Crippen molar-refractivity contribution in [2.24, 2.45) is 5.73 Å². The van der Waals surface area contributed by atoms with Crippen LogP contribution in [0, 0.1) is 11.6 Å². The van der Waals surface area contributed by atoms with E-state index in [1.807, 2.05) is 0 Å². The molecule has 22 heavy (non-hydrogen) atoms. The van der Waals surface area contributed by atoms with Crippen molar-refractivity contribution in [1.29, 1.82) is 0 Å². The van der Waals surface area contributed by atoms with Crippen LogP contribution >= 0.6 is 11.6 Å². The van der Waals surface area contributed by atoms with E-state index in [0.29, 0.717) is 0 Å². The maximum absolute atomic E-state index is 13.1. The van der Waals surface area contributed by atoms with E-state index in [2.05, 4.69) is 0 Å². The Hall–Kier alpha value is -2.47. The van der Waals surface area contributed by atoms with Crippen molar-refractivity contribution in [3.05, 3.63) is 64.2 Å². The molecule has 0 fully saturated rings. The van der Waals surface area contributed by atoms with E-state index in [1.54, 1.807) is 0 Å². The molecule has 0 radical (unpaired) electrons. The second-order valence-electron chi connectivity index (χ2n) is 4.35. The smallest absolute Gasteiger partial charge is 0.252 e. The second kappa shape index (κ2) is 6.53. The van der Waals surface area contributed by atoms with Gasteiger partial charge in [-0.2, -0.15) is 0 Å². The second-order valence-corrected chi connectivity index (χ2v) is 4.78. The highest BCUT2D eigenvalue weighted by Crippen LogP contribution is 2.22. The number of ketones is 1. The summed E-state index contributed by atoms with van der Waals surface area (Å²) in [6.07, 6.45) is 0. The fourth-order valence-corrected chi connectivity index (χ4v) is 1.89. The Bertz CT molecular complexity index is 750. The molecule has 0 aromatic heterocycles. The van der Waals surface area contributed by atoms with Gasteiger partial charge in [-0.05, 0) is 36.4 Å². The predicted octanol–water partition coefficient (Wildman–Crippen LogP) is 2.98. The Morgan fingerprint density at radius 2 is 1.82 bits per heavy atom. The van der Waals surface area contributed by atoms with Gasteiger partial charge in [0.15, 0.2) is 24.0 Å². The van der Waals surface area contributed by atoms with Crippen LogP contribution in [0.3, 0.4) is 0 Å². The van der Waals surface area contributed by atoms with Crippen LogP contribution in [0.1, 0.15) is 20.7 Å². The quantitative estimate of drug-likeness (QED) is 0.859. The van der Waals surface area contributed by atoms with Gasteiger partial charge in [0.2, 0.25) is 0 Å². The monoisotopic (exact) mass is 325 g/mol. The third-order valence-electron chi connectivity index (χ3n) is 2.81. The molecule has 0 atom stereocenters. The van der Waals surface area contributed by atoms with Crippen LogP contribution in [0.4, 0.5) is 8.78 Å². The molecule has 2 aromatic rings. The van der Waals surface area contributed by atoms with Gasteiger partial charge >= 0.3 is 0 Å². The third-order valence-corrected chi connectivity index (χ3v) is 3.04. The molecule has 1 amide bonds. The van der Waals surface area contributed by atoms with Gasteiger partial charge in [-0.3, -0.25) is 9.59 Å². The zero-order chi connectivity index (χ0) is 16.3. The van der Waals surface area contributed by atoms with E-state index in [-0.39, 0.29) is 21.9 Å². The van der Waals surface area contributed by atoms with Gasteiger partial charge in [-0.1, -0.05) is 11.6 Å². The molecule has 0 aliphatic heterocycles. The molecule has 0 aliphatic rings. The summed E-state index contributed by atoms with van der Waals surface area (Å²) in [5.41, 5.74) is 5.16. The Balaban J connectivity index is 2.14. The van der Waals surface area contributed by atoms with Crippen LogP contribution in [-0.2, 0) is 0 Å². The van der Waals surface area contributed by atoms with Crippen molar-refractivity contribution in [3.8, 4) is 5.75 Å². The molecular weight excluding hydrogens is 316 g/mol. The molecule has 0 saturated heterocycles. The number of rotatable bonds is 5. The van der Waals surface area contributed by atoms with Gasteiger partial charge in [0.25, 0.3) is 5.91 Å². The van der Waals surface area contributed by atoms with Crippen molar-refractivity contribution in [1.82, 2.24) is 0 Å². The maximum atomic E-state index is 13.1. The van der Waals surface area contributed by atoms with Crippen molar-refractivity contribution < 1.29 is 23.1 Å². The zero-order valence-electron chi connectivity index (χ0n) is 11.1. The summed E-state index contributed by atoms with van der Waals surface area (Å²) in [5, 5.41) is 0.285. The molecule has 4 nitrogen and oxygen atoms in total. The standard InChI is InChI=1S/C15H10ClF2NO3/c16-9-2-4-14(10(6-9)15(19)21)22-7-13(20)8-1-3-11(17)12(18)5-8/h1-6H,7H2,(H2,19,21). The van der Waals surface area contributed by atoms with Gasteiger partial charge in [0.05, 0.1) is 5.56 Å². The summed E-state index contributed by atoms with van der Waals surface area (Å²) in [6, 6.07) is 6.92. The number of hydrogen-bond donors (Lipinski definition) is 1. The number of hydrogen-bond acceptors (Lipinski definition) is 3. The average Bonchev–Trinajstić information content (AvgIpc) is 2.48. The Morgan fingerprint density at radius 3 is 2.45 bits per heavy atom. The van der Waals surface area contributed by atoms with Gasteiger partial charge in [0.1, 0.15) is 5.75 Å². The summed E-state index contributed by atoms with van der Waals surface area (Å²) in [6.45, 7) is -0.465. The molecule has 0 saturated carbocycles. The van der Waals surface area contributed by atoms with Crippen LogP contribution in [0.2, 0.25) is 5.02 Å². The minimum absolute atomic E-state index is 0.0191. The number of ether oxygens (including phenoxy) is 1. The minimum atomic E-state index is -1.13. The summed E-state index contributed by atoms with van der Waals surface area (Å²) < 4.78 is 31.1. The zero-order valence-corrected chi connectivity index (χ0v) is 11.9. The number of amides is 1. The fourth-order valence-electron chi connectivity index (χ4n) is 1.72. The summed E-state index contributed by atoms with van der Waals surface area (Å²) in [5.74, 6) is -3.45. The van der Waals surface area contributed by atoms with E-state index in [9.17, 15) is 18.4 Å². The molecule has 0 aliphatic carbocycles. The summed E-state index contributed by atoms with van der Waals surface area (Å²) in [4.78, 5) is 23.2. The van der Waals surface area contributed by atoms with Crippen molar-refractivity contribution in [3.63, 3.8) is 0 Å². The molecule has 2 rings (SSSR count). The van der Waals surface area contributed by atoms with Crippen LogP contribution in [0.15, 0.2) is 36.4 Å². The maximum Gasteiger partial charge on any atom is 0.252 e. The molecule has 0 heterocycles. The van der Waals surface area contributed by atoms with Crippen molar-refractivity contribution in [2.75, 3.05) is 6.61 Å². The molecule has 7 heteroatoms. The van der Waals surface area contributed by atoms with E-state index < -0.39 is 29.9 Å². The first kappa shape index (κ1) is 15.9. The van der Waals surface area contributed by atoms with E-state index in [0.717, 1.165) is 18.2 Å². The van der Waals surface area contributed by atoms with Gasteiger partial charge in [-0.15, -0.1) is 0 Å². The van der Waals surface area contributed by atoms with E-state index in [1.165, 1.54) is 18.2 Å². The van der Waals surface area contributed by atoms with Crippen molar-refractivity contribution in [2.45, 2.75) is 0 Å². The van der Waals surface area contributed by atoms with E-state index >= 15 is 0 Å². The largest absolute Gasteiger partial charge is 0.485 e. The molecule has 0 spiro atoms. The fraction of sp³-hybridized carbons (Fsp3) is 0.0667. The lowest BCUT2D eigenvalue weighted by atomic mass is 10.1. The minimum Gasteiger partial charge on any atom is -0.485 e. The molecule has 2 aromatic carbocycles. The van der Waals surface area contributed by atoms with Crippen LogP contribution in [-0.4, -0.2) is 18.3 Å². The predicted molar refractivity (Wildman–Crippen MR) is 76.2 cm³/mol. The van der Waals surface area contributed by atoms with Crippen LogP contribution < -0.4 is 10.5 Å². The van der Waals surface area contributed by atoms with E-state index in [4.69, 9.17) is 22.1 Å². The van der Waals surface area contributed by atoms with Crippen LogP contribution in [0.5, 0.6) is 5.75 Å². The van der Waals surface area contributed by atoms with Crippen molar-refractivity contribution >= 4 is 23.3 Å². The highest BCUT2D eigenvalue weighted by Gasteiger charge is 2.14. The number of nitrogens with two attached hydrogens (primary N) is 1. The molecule has 114 valence electrons. The number of Topliss-reactive ketones (excluding diaryl/α,β-unsaturated/α-hetero) is 1. The molecule has 0 bridgehead atoms. The SMILES string of the molecule is NC(=O)c1cc(Cl)ccc1OCC(=O)c1ccc(F)c(F)c1. The first-order chi connectivity index (χ1) is 10.4. The highest BCUT2D eigenvalue weighted by atomic mass is 35.5. The number of benzene rings is 2. The van der Waals surface area contributed by atoms with Crippen LogP contribution in [0.25, 0.3) is 0 Å². The Kier molecular flexibility index (Phi) is 4.72. The van der Waals surface area contributed by atoms with Gasteiger partial charge in [0, 0.05) is 10.6 Å². The first-order valence-corrected chi connectivity index (χ1v) is 6.46. The normalized spacial score (nSPS) is 10.3. The number of halogens is 3. The highest BCUT2D eigenvalue weighted by molar-refractivity contribution is 6.31.